The van der Waals surface area contributed by atoms with Gasteiger partial charge in [0.05, 0.1) is 25.5 Å². The zero-order valence-electron chi connectivity index (χ0n) is 19.1. The van der Waals surface area contributed by atoms with Crippen LogP contribution in [-0.2, 0) is 0 Å². The molecule has 0 amide bonds. The fourth-order valence-electron chi connectivity index (χ4n) is 3.18. The number of hydrazine groups is 1. The Hall–Kier alpha value is -3.63. The smallest absolute Gasteiger partial charge is 0.224 e. The Morgan fingerprint density at radius 2 is 1.94 bits per heavy atom. The predicted octanol–water partition coefficient (Wildman–Crippen LogP) is 2.19. The molecule has 0 radical (unpaired) electrons. The molecule has 0 saturated heterocycles. The summed E-state index contributed by atoms with van der Waals surface area (Å²) in [5.41, 5.74) is 11.0. The number of nitrogens with zero attached hydrogens (tertiary/aromatic N) is 4. The number of nitrogens with one attached hydrogen (secondary N) is 2. The number of rotatable bonds is 8. The lowest BCUT2D eigenvalue weighted by Gasteiger charge is -2.11. The standard InChI is InChI=1S/C21H22N6O2.C2H8N2/c1-12-24-10-17(13-3-5-19(20(22)23)25-8-13)21(27-12)29-11-14-7-16(14)18-6-4-15(28-2)9-26-18;1-2-4-3/h3-6,8-10,14,16H,7,11H2,1-2H3,(H3,22,23);4H,2-3H2,1H3/t14-,16+;/m1./s1. The number of nitrogen functional groups attached to an aromatic ring is 1. The summed E-state index contributed by atoms with van der Waals surface area (Å²) < 4.78 is 11.2. The van der Waals surface area contributed by atoms with E-state index in [4.69, 9.17) is 26.5 Å². The minimum atomic E-state index is -0.0694. The summed E-state index contributed by atoms with van der Waals surface area (Å²) in [7, 11) is 1.63. The van der Waals surface area contributed by atoms with E-state index < -0.39 is 0 Å². The van der Waals surface area contributed by atoms with Gasteiger partial charge in [0.15, 0.2) is 0 Å². The molecule has 0 bridgehead atoms. The molecule has 10 heteroatoms. The highest BCUT2D eigenvalue weighted by Crippen LogP contribution is 2.47. The van der Waals surface area contributed by atoms with Crippen molar-refractivity contribution in [3.05, 3.63) is 60.1 Å². The molecule has 4 rings (SSSR count). The largest absolute Gasteiger partial charge is 0.495 e. The highest BCUT2D eigenvalue weighted by molar-refractivity contribution is 5.93. The van der Waals surface area contributed by atoms with Gasteiger partial charge in [0.2, 0.25) is 5.88 Å². The monoisotopic (exact) mass is 450 g/mol. The average molecular weight is 451 g/mol. The van der Waals surface area contributed by atoms with E-state index in [0.717, 1.165) is 35.5 Å². The summed E-state index contributed by atoms with van der Waals surface area (Å²) in [5, 5.41) is 7.47. The van der Waals surface area contributed by atoms with Gasteiger partial charge in [0.25, 0.3) is 0 Å². The van der Waals surface area contributed by atoms with Crippen molar-refractivity contribution in [1.29, 1.82) is 5.41 Å². The maximum atomic E-state index is 7.47. The van der Waals surface area contributed by atoms with Crippen LogP contribution >= 0.6 is 0 Å². The number of ether oxygens (including phenoxy) is 2. The zero-order valence-corrected chi connectivity index (χ0v) is 19.1. The Morgan fingerprint density at radius 3 is 2.52 bits per heavy atom. The second-order valence-electron chi connectivity index (χ2n) is 7.58. The number of aromatic nitrogens is 4. The van der Waals surface area contributed by atoms with Crippen molar-refractivity contribution in [2.75, 3.05) is 20.3 Å². The van der Waals surface area contributed by atoms with E-state index in [1.54, 1.807) is 31.8 Å². The number of nitrogens with two attached hydrogens (primary N) is 2. The molecule has 10 nitrogen and oxygen atoms in total. The van der Waals surface area contributed by atoms with Crippen LogP contribution in [0.2, 0.25) is 0 Å². The highest BCUT2D eigenvalue weighted by atomic mass is 16.5. The van der Waals surface area contributed by atoms with Gasteiger partial charge in [-0.1, -0.05) is 13.0 Å². The highest BCUT2D eigenvalue weighted by Gasteiger charge is 2.40. The molecule has 174 valence electrons. The molecule has 1 saturated carbocycles. The van der Waals surface area contributed by atoms with Crippen LogP contribution in [0.4, 0.5) is 0 Å². The van der Waals surface area contributed by atoms with Gasteiger partial charge in [0.1, 0.15) is 23.1 Å². The number of pyridine rings is 2. The summed E-state index contributed by atoms with van der Waals surface area (Å²) in [6.07, 6.45) is 6.17. The number of aryl methyl sites for hydroxylation is 1. The molecule has 0 unspecified atom stereocenters. The number of hydrogen-bond donors (Lipinski definition) is 4. The van der Waals surface area contributed by atoms with Gasteiger partial charge in [-0.05, 0) is 31.5 Å². The minimum absolute atomic E-state index is 0.0694. The maximum Gasteiger partial charge on any atom is 0.224 e. The average Bonchev–Trinajstić information content (AvgIpc) is 3.63. The van der Waals surface area contributed by atoms with Gasteiger partial charge >= 0.3 is 0 Å². The first-order valence-corrected chi connectivity index (χ1v) is 10.7. The first-order valence-electron chi connectivity index (χ1n) is 10.7. The summed E-state index contributed by atoms with van der Waals surface area (Å²) in [5.74, 6) is 7.43. The molecule has 2 atom stereocenters. The molecular formula is C23H30N8O2. The van der Waals surface area contributed by atoms with Crippen molar-refractivity contribution in [2.24, 2.45) is 17.5 Å². The van der Waals surface area contributed by atoms with Gasteiger partial charge in [-0.15, -0.1) is 0 Å². The second kappa shape index (κ2) is 11.3. The van der Waals surface area contributed by atoms with Crippen LogP contribution in [0.3, 0.4) is 0 Å². The molecule has 0 aromatic carbocycles. The summed E-state index contributed by atoms with van der Waals surface area (Å²) >= 11 is 0. The zero-order chi connectivity index (χ0) is 23.8. The molecule has 1 fully saturated rings. The number of hydrogen-bond acceptors (Lipinski definition) is 9. The van der Waals surface area contributed by atoms with Crippen LogP contribution in [0.1, 0.15) is 36.5 Å². The fraction of sp³-hybridized carbons (Fsp3) is 0.348. The Bertz CT molecular complexity index is 1060. The van der Waals surface area contributed by atoms with E-state index in [1.807, 2.05) is 32.0 Å². The van der Waals surface area contributed by atoms with Crippen molar-refractivity contribution < 1.29 is 9.47 Å². The van der Waals surface area contributed by atoms with Gasteiger partial charge < -0.3 is 15.2 Å². The molecule has 1 aliphatic carbocycles. The van der Waals surface area contributed by atoms with E-state index >= 15 is 0 Å². The Balaban J connectivity index is 0.000000709. The van der Waals surface area contributed by atoms with Crippen LogP contribution in [0.5, 0.6) is 11.6 Å². The van der Waals surface area contributed by atoms with E-state index in [2.05, 4.69) is 25.4 Å². The summed E-state index contributed by atoms with van der Waals surface area (Å²) in [6.45, 7) is 5.18. The molecule has 3 aromatic heterocycles. The Kier molecular flexibility index (Phi) is 8.22. The Labute approximate surface area is 193 Å². The second-order valence-corrected chi connectivity index (χ2v) is 7.58. The number of amidine groups is 1. The van der Waals surface area contributed by atoms with E-state index in [1.165, 1.54) is 0 Å². The van der Waals surface area contributed by atoms with Crippen molar-refractivity contribution in [2.45, 2.75) is 26.2 Å². The Morgan fingerprint density at radius 1 is 1.15 bits per heavy atom. The normalized spacial score (nSPS) is 16.4. The first-order chi connectivity index (χ1) is 16.0. The van der Waals surface area contributed by atoms with Gasteiger partial charge in [-0.25, -0.2) is 4.98 Å². The quantitative estimate of drug-likeness (QED) is 0.175. The molecular weight excluding hydrogens is 420 g/mol. The lowest BCUT2D eigenvalue weighted by molar-refractivity contribution is 0.285. The molecule has 0 aliphatic heterocycles. The van der Waals surface area contributed by atoms with Crippen molar-refractivity contribution in [1.82, 2.24) is 25.4 Å². The van der Waals surface area contributed by atoms with Crippen LogP contribution in [0, 0.1) is 18.3 Å². The third-order valence-corrected chi connectivity index (χ3v) is 5.16. The van der Waals surface area contributed by atoms with E-state index in [-0.39, 0.29) is 5.84 Å². The summed E-state index contributed by atoms with van der Waals surface area (Å²) in [4.78, 5) is 17.4. The predicted molar refractivity (Wildman–Crippen MR) is 126 cm³/mol. The lowest BCUT2D eigenvalue weighted by atomic mass is 10.1. The van der Waals surface area contributed by atoms with E-state index in [0.29, 0.717) is 35.8 Å². The van der Waals surface area contributed by atoms with Crippen molar-refractivity contribution >= 4 is 5.84 Å². The van der Waals surface area contributed by atoms with Crippen molar-refractivity contribution in [3.63, 3.8) is 0 Å². The molecule has 3 heterocycles. The minimum Gasteiger partial charge on any atom is -0.495 e. The molecule has 6 N–H and O–H groups in total. The van der Waals surface area contributed by atoms with Gasteiger partial charge in [0, 0.05) is 42.0 Å². The van der Waals surface area contributed by atoms with Crippen LogP contribution in [0.15, 0.2) is 42.9 Å². The third-order valence-electron chi connectivity index (χ3n) is 5.16. The van der Waals surface area contributed by atoms with Crippen molar-refractivity contribution in [3.8, 4) is 22.8 Å². The van der Waals surface area contributed by atoms with Gasteiger partial charge in [-0.3, -0.25) is 26.6 Å². The fourth-order valence-corrected chi connectivity index (χ4v) is 3.18. The number of methoxy groups -OCH3 is 1. The SMILES string of the molecule is CCNN.COc1ccc([C@H]2C[C@@H]2COc2nc(C)ncc2-c2ccc(C(=N)N)nc2)nc1. The lowest BCUT2D eigenvalue weighted by Crippen LogP contribution is -2.20. The molecule has 0 spiro atoms. The maximum absolute atomic E-state index is 7.47. The van der Waals surface area contributed by atoms with Crippen LogP contribution in [-0.4, -0.2) is 46.0 Å². The first kappa shape index (κ1) is 24.0. The molecule has 33 heavy (non-hydrogen) atoms. The molecule has 1 aliphatic rings. The van der Waals surface area contributed by atoms with Crippen LogP contribution < -0.4 is 26.5 Å². The summed E-state index contributed by atoms with van der Waals surface area (Å²) in [6, 6.07) is 7.48. The molecule has 3 aromatic rings. The van der Waals surface area contributed by atoms with Gasteiger partial charge in [-0.2, -0.15) is 4.98 Å². The topological polar surface area (TPSA) is 158 Å². The third kappa shape index (κ3) is 6.43. The van der Waals surface area contributed by atoms with E-state index in [9.17, 15) is 0 Å². The van der Waals surface area contributed by atoms with Crippen LogP contribution in [0.25, 0.3) is 11.1 Å².